The molecule has 0 unspecified atom stereocenters. The van der Waals surface area contributed by atoms with Gasteiger partial charge in [-0.25, -0.2) is 0 Å². The van der Waals surface area contributed by atoms with Crippen molar-refractivity contribution in [3.05, 3.63) is 57.5 Å². The highest BCUT2D eigenvalue weighted by molar-refractivity contribution is 9.10. The van der Waals surface area contributed by atoms with Gasteiger partial charge in [0.05, 0.1) is 12.1 Å². The average molecular weight is 512 g/mol. The first-order valence-corrected chi connectivity index (χ1v) is 11.3. The molecule has 2 rings (SSSR count). The van der Waals surface area contributed by atoms with Crippen molar-refractivity contribution in [3.63, 3.8) is 0 Å². The van der Waals surface area contributed by atoms with Crippen molar-refractivity contribution in [2.75, 3.05) is 20.3 Å². The van der Waals surface area contributed by atoms with Crippen molar-refractivity contribution >= 4 is 39.3 Å². The first kappa shape index (κ1) is 25.0. The largest absolute Gasteiger partial charge is 0.497 e. The van der Waals surface area contributed by atoms with Gasteiger partial charge in [-0.15, -0.1) is 0 Å². The van der Waals surface area contributed by atoms with Crippen LogP contribution in [0.15, 0.2) is 46.9 Å². The van der Waals surface area contributed by atoms with E-state index >= 15 is 0 Å². The molecule has 31 heavy (non-hydrogen) atoms. The van der Waals surface area contributed by atoms with Crippen LogP contribution in [-0.4, -0.2) is 43.0 Å². The van der Waals surface area contributed by atoms with Crippen molar-refractivity contribution in [2.24, 2.45) is 0 Å². The lowest BCUT2D eigenvalue weighted by atomic mass is 10.1. The predicted octanol–water partition coefficient (Wildman–Crippen LogP) is 4.82. The van der Waals surface area contributed by atoms with Crippen LogP contribution in [0.3, 0.4) is 0 Å². The Morgan fingerprint density at radius 3 is 2.52 bits per heavy atom. The van der Waals surface area contributed by atoms with Gasteiger partial charge in [0.15, 0.2) is 6.61 Å². The second-order valence-corrected chi connectivity index (χ2v) is 8.38. The Kier molecular flexibility index (Phi) is 10.1. The maximum absolute atomic E-state index is 13.0. The number of unbranched alkanes of at least 4 members (excludes halogenated alkanes) is 1. The Hall–Kier alpha value is -2.25. The maximum Gasteiger partial charge on any atom is 0.261 e. The highest BCUT2D eigenvalue weighted by atomic mass is 79.9. The standard InChI is InChI=1S/C23H28BrClN2O4/c1-4-5-12-26-23(29)16(2)27(14-17-6-9-19(30-3)10-7-17)22(28)15-31-21-11-8-18(24)13-20(21)25/h6-11,13,16H,4-5,12,14-15H2,1-3H3,(H,26,29)/t16-/m1/s1. The van der Waals surface area contributed by atoms with Gasteiger partial charge in [0.1, 0.15) is 17.5 Å². The fourth-order valence-electron chi connectivity index (χ4n) is 2.86. The molecule has 2 aromatic rings. The van der Waals surface area contributed by atoms with Crippen LogP contribution in [0, 0.1) is 0 Å². The molecule has 0 aliphatic heterocycles. The molecule has 8 heteroatoms. The molecule has 1 atom stereocenters. The van der Waals surface area contributed by atoms with Crippen molar-refractivity contribution in [1.82, 2.24) is 10.2 Å². The number of rotatable bonds is 11. The number of hydrogen-bond donors (Lipinski definition) is 1. The zero-order chi connectivity index (χ0) is 22.8. The fourth-order valence-corrected chi connectivity index (χ4v) is 3.59. The highest BCUT2D eigenvalue weighted by Crippen LogP contribution is 2.27. The van der Waals surface area contributed by atoms with Crippen molar-refractivity contribution in [3.8, 4) is 11.5 Å². The molecule has 6 nitrogen and oxygen atoms in total. The Morgan fingerprint density at radius 1 is 1.19 bits per heavy atom. The molecule has 0 fully saturated rings. The normalized spacial score (nSPS) is 11.5. The van der Waals surface area contributed by atoms with E-state index in [4.69, 9.17) is 21.1 Å². The Bertz CT molecular complexity index is 876. The second kappa shape index (κ2) is 12.6. The summed E-state index contributed by atoms with van der Waals surface area (Å²) in [6.07, 6.45) is 1.86. The van der Waals surface area contributed by atoms with Gasteiger partial charge < -0.3 is 19.7 Å². The summed E-state index contributed by atoms with van der Waals surface area (Å²) >= 11 is 9.52. The van der Waals surface area contributed by atoms with Crippen LogP contribution in [-0.2, 0) is 16.1 Å². The smallest absolute Gasteiger partial charge is 0.261 e. The van der Waals surface area contributed by atoms with Crippen LogP contribution < -0.4 is 14.8 Å². The molecule has 1 N–H and O–H groups in total. The number of ether oxygens (including phenoxy) is 2. The molecule has 2 amide bonds. The van der Waals surface area contributed by atoms with Crippen molar-refractivity contribution in [1.29, 1.82) is 0 Å². The minimum absolute atomic E-state index is 0.197. The number of nitrogens with one attached hydrogen (secondary N) is 1. The number of hydrogen-bond acceptors (Lipinski definition) is 4. The minimum Gasteiger partial charge on any atom is -0.497 e. The van der Waals surface area contributed by atoms with Gasteiger partial charge in [0.25, 0.3) is 5.91 Å². The zero-order valence-electron chi connectivity index (χ0n) is 18.0. The number of methoxy groups -OCH3 is 1. The Morgan fingerprint density at radius 2 is 1.90 bits per heavy atom. The lowest BCUT2D eigenvalue weighted by molar-refractivity contribution is -0.142. The first-order valence-electron chi connectivity index (χ1n) is 10.1. The van der Waals surface area contributed by atoms with Gasteiger partial charge in [0.2, 0.25) is 5.91 Å². The molecule has 0 spiro atoms. The summed E-state index contributed by atoms with van der Waals surface area (Å²) in [6.45, 7) is 4.39. The van der Waals surface area contributed by atoms with E-state index in [-0.39, 0.29) is 25.0 Å². The monoisotopic (exact) mass is 510 g/mol. The van der Waals surface area contributed by atoms with Gasteiger partial charge in [-0.2, -0.15) is 0 Å². The molecule has 168 valence electrons. The van der Waals surface area contributed by atoms with Crippen LogP contribution in [0.2, 0.25) is 5.02 Å². The van der Waals surface area contributed by atoms with Gasteiger partial charge in [-0.1, -0.05) is 53.0 Å². The third kappa shape index (κ3) is 7.74. The van der Waals surface area contributed by atoms with Crippen LogP contribution in [0.5, 0.6) is 11.5 Å². The number of amides is 2. The van der Waals surface area contributed by atoms with Gasteiger partial charge >= 0.3 is 0 Å². The number of benzene rings is 2. The second-order valence-electron chi connectivity index (χ2n) is 7.05. The zero-order valence-corrected chi connectivity index (χ0v) is 20.3. The molecule has 0 aromatic heterocycles. The van der Waals surface area contributed by atoms with E-state index in [1.54, 1.807) is 32.2 Å². The first-order chi connectivity index (χ1) is 14.8. The van der Waals surface area contributed by atoms with E-state index < -0.39 is 6.04 Å². The number of carbonyl (C=O) groups excluding carboxylic acids is 2. The molecule has 0 saturated heterocycles. The highest BCUT2D eigenvalue weighted by Gasteiger charge is 2.26. The van der Waals surface area contributed by atoms with Crippen LogP contribution in [0.25, 0.3) is 0 Å². The third-order valence-electron chi connectivity index (χ3n) is 4.75. The topological polar surface area (TPSA) is 67.9 Å². The fraction of sp³-hybridized carbons (Fsp3) is 0.391. The van der Waals surface area contributed by atoms with Gasteiger partial charge in [0, 0.05) is 17.6 Å². The maximum atomic E-state index is 13.0. The van der Waals surface area contributed by atoms with E-state index in [0.29, 0.717) is 17.3 Å². The van der Waals surface area contributed by atoms with Crippen LogP contribution in [0.4, 0.5) is 0 Å². The lowest BCUT2D eigenvalue weighted by Gasteiger charge is -2.29. The molecule has 0 aliphatic carbocycles. The molecule has 2 aromatic carbocycles. The predicted molar refractivity (Wildman–Crippen MR) is 126 cm³/mol. The molecule has 0 saturated carbocycles. The van der Waals surface area contributed by atoms with Crippen molar-refractivity contribution < 1.29 is 19.1 Å². The summed E-state index contributed by atoms with van der Waals surface area (Å²) in [5.41, 5.74) is 0.879. The third-order valence-corrected chi connectivity index (χ3v) is 5.54. The van der Waals surface area contributed by atoms with Crippen LogP contribution >= 0.6 is 27.5 Å². The number of carbonyl (C=O) groups is 2. The van der Waals surface area contributed by atoms with E-state index in [0.717, 1.165) is 28.6 Å². The van der Waals surface area contributed by atoms with Crippen LogP contribution in [0.1, 0.15) is 32.3 Å². The van der Waals surface area contributed by atoms with Crippen molar-refractivity contribution in [2.45, 2.75) is 39.3 Å². The summed E-state index contributed by atoms with van der Waals surface area (Å²) in [4.78, 5) is 27.2. The van der Waals surface area contributed by atoms with E-state index in [1.165, 1.54) is 4.90 Å². The summed E-state index contributed by atoms with van der Waals surface area (Å²) < 4.78 is 11.6. The number of nitrogens with zero attached hydrogens (tertiary/aromatic N) is 1. The average Bonchev–Trinajstić information content (AvgIpc) is 2.76. The minimum atomic E-state index is -0.657. The molecule has 0 heterocycles. The Labute approximate surface area is 197 Å². The SMILES string of the molecule is CCCCNC(=O)[C@@H](C)N(Cc1ccc(OC)cc1)C(=O)COc1ccc(Br)cc1Cl. The number of halogens is 2. The molecule has 0 radical (unpaired) electrons. The summed E-state index contributed by atoms with van der Waals surface area (Å²) in [6, 6.07) is 11.9. The van der Waals surface area contributed by atoms with E-state index in [2.05, 4.69) is 28.2 Å². The molecule has 0 bridgehead atoms. The quantitative estimate of drug-likeness (QED) is 0.439. The Balaban J connectivity index is 2.13. The summed E-state index contributed by atoms with van der Waals surface area (Å²) in [5.74, 6) is 0.618. The lowest BCUT2D eigenvalue weighted by Crippen LogP contribution is -2.49. The molecular weight excluding hydrogens is 484 g/mol. The van der Waals surface area contributed by atoms with Gasteiger partial charge in [-0.05, 0) is 49.2 Å². The molecule has 0 aliphatic rings. The van der Waals surface area contributed by atoms with E-state index in [9.17, 15) is 9.59 Å². The summed E-state index contributed by atoms with van der Waals surface area (Å²) in [7, 11) is 1.60. The molecular formula is C23H28BrClN2O4. The van der Waals surface area contributed by atoms with E-state index in [1.807, 2.05) is 24.3 Å². The summed E-state index contributed by atoms with van der Waals surface area (Å²) in [5, 5.41) is 3.29. The van der Waals surface area contributed by atoms with Gasteiger partial charge in [-0.3, -0.25) is 9.59 Å².